The second kappa shape index (κ2) is 5.22. The van der Waals surface area contributed by atoms with Gasteiger partial charge in [0.05, 0.1) is 0 Å². The quantitative estimate of drug-likeness (QED) is 0.556. The lowest BCUT2D eigenvalue weighted by Gasteiger charge is -1.82. The maximum absolute atomic E-state index is 9.22. The summed E-state index contributed by atoms with van der Waals surface area (Å²) >= 11 is 0. The van der Waals surface area contributed by atoms with Crippen molar-refractivity contribution in [2.75, 3.05) is 5.73 Å². The predicted molar refractivity (Wildman–Crippen MR) is 43.5 cm³/mol. The molecule has 1 heterocycles. The van der Waals surface area contributed by atoms with E-state index in [9.17, 15) is 4.79 Å². The van der Waals surface area contributed by atoms with Gasteiger partial charge in [-0.2, -0.15) is 0 Å². The van der Waals surface area contributed by atoms with Crippen molar-refractivity contribution in [2.45, 2.75) is 6.92 Å². The number of nitrogens with two attached hydrogens (primary N) is 2. The molecule has 1 rings (SSSR count). The molecule has 0 atom stereocenters. The van der Waals surface area contributed by atoms with Crippen LogP contribution in [-0.4, -0.2) is 10.9 Å². The molecule has 1 amide bonds. The van der Waals surface area contributed by atoms with E-state index in [0.29, 0.717) is 5.82 Å². The van der Waals surface area contributed by atoms with E-state index in [0.717, 1.165) is 0 Å². The van der Waals surface area contributed by atoms with Crippen LogP contribution < -0.4 is 11.5 Å². The molecule has 0 spiro atoms. The smallest absolute Gasteiger partial charge is 0.214 e. The molecule has 11 heavy (non-hydrogen) atoms. The number of nitrogen functional groups attached to an aromatic ring is 1. The van der Waals surface area contributed by atoms with Gasteiger partial charge in [0.15, 0.2) is 0 Å². The molecule has 1 aromatic heterocycles. The van der Waals surface area contributed by atoms with Crippen molar-refractivity contribution in [3.05, 3.63) is 24.4 Å². The summed E-state index contributed by atoms with van der Waals surface area (Å²) in [5, 5.41) is 0. The maximum atomic E-state index is 9.22. The lowest BCUT2D eigenvalue weighted by atomic mass is 10.5. The van der Waals surface area contributed by atoms with Crippen molar-refractivity contribution < 1.29 is 4.79 Å². The van der Waals surface area contributed by atoms with Gasteiger partial charge in [0, 0.05) is 13.1 Å². The highest BCUT2D eigenvalue weighted by molar-refractivity contribution is 5.70. The van der Waals surface area contributed by atoms with Crippen molar-refractivity contribution >= 4 is 11.7 Å². The Morgan fingerprint density at radius 2 is 2.09 bits per heavy atom. The van der Waals surface area contributed by atoms with Gasteiger partial charge < -0.3 is 11.5 Å². The molecule has 1 aromatic rings. The average Bonchev–Trinajstić information content (AvgIpc) is 1.87. The number of hydrogen-bond donors (Lipinski definition) is 2. The van der Waals surface area contributed by atoms with Crippen LogP contribution in [0.3, 0.4) is 0 Å². The molecule has 0 radical (unpaired) electrons. The van der Waals surface area contributed by atoms with Gasteiger partial charge in [0.25, 0.3) is 0 Å². The molecule has 4 N–H and O–H groups in total. The monoisotopic (exact) mass is 153 g/mol. The van der Waals surface area contributed by atoms with E-state index in [1.807, 2.05) is 12.1 Å². The summed E-state index contributed by atoms with van der Waals surface area (Å²) in [6.45, 7) is 1.31. The molecule has 0 aliphatic heterocycles. The number of anilines is 1. The fourth-order valence-electron chi connectivity index (χ4n) is 0.376. The number of carbonyl (C=O) groups excluding carboxylic acids is 1. The molecular weight excluding hydrogens is 142 g/mol. The van der Waals surface area contributed by atoms with Gasteiger partial charge in [-0.15, -0.1) is 0 Å². The Morgan fingerprint density at radius 1 is 1.55 bits per heavy atom. The first-order valence-electron chi connectivity index (χ1n) is 3.05. The number of rotatable bonds is 0. The van der Waals surface area contributed by atoms with Gasteiger partial charge in [-0.1, -0.05) is 6.07 Å². The van der Waals surface area contributed by atoms with Crippen LogP contribution in [0.4, 0.5) is 5.82 Å². The van der Waals surface area contributed by atoms with Crippen molar-refractivity contribution in [2.24, 2.45) is 5.73 Å². The van der Waals surface area contributed by atoms with Gasteiger partial charge in [-0.05, 0) is 12.1 Å². The first-order valence-corrected chi connectivity index (χ1v) is 3.05. The lowest BCUT2D eigenvalue weighted by molar-refractivity contribution is -0.115. The number of pyridine rings is 1. The number of primary amides is 1. The van der Waals surface area contributed by atoms with E-state index in [2.05, 4.69) is 10.7 Å². The van der Waals surface area contributed by atoms with Crippen molar-refractivity contribution in [1.29, 1.82) is 0 Å². The third kappa shape index (κ3) is 8.42. The Bertz CT molecular complexity index is 206. The third-order valence-electron chi connectivity index (χ3n) is 0.688. The first kappa shape index (κ1) is 9.42. The van der Waals surface area contributed by atoms with Crippen molar-refractivity contribution in [3.8, 4) is 0 Å². The predicted octanol–water partition coefficient (Wildman–Crippen LogP) is 0.155. The average molecular weight is 153 g/mol. The number of amides is 1. The molecule has 0 aliphatic rings. The summed E-state index contributed by atoms with van der Waals surface area (Å²) in [5.41, 5.74) is 9.72. The van der Waals surface area contributed by atoms with Gasteiger partial charge in [0.1, 0.15) is 5.82 Å². The fourth-order valence-corrected chi connectivity index (χ4v) is 0.376. The lowest BCUT2D eigenvalue weighted by Crippen LogP contribution is -2.01. The van der Waals surface area contributed by atoms with Crippen LogP contribution in [0.15, 0.2) is 24.4 Å². The number of hydrogen-bond acceptors (Lipinski definition) is 3. The molecule has 0 saturated heterocycles. The molecular formula is C7H11N3O. The highest BCUT2D eigenvalue weighted by Gasteiger charge is 1.73. The minimum Gasteiger partial charge on any atom is -0.384 e. The number of carbonyl (C=O) groups is 1. The largest absolute Gasteiger partial charge is 0.384 e. The molecule has 60 valence electrons. The van der Waals surface area contributed by atoms with Crippen LogP contribution in [0.1, 0.15) is 6.92 Å². The van der Waals surface area contributed by atoms with E-state index in [4.69, 9.17) is 5.73 Å². The maximum Gasteiger partial charge on any atom is 0.214 e. The Balaban J connectivity index is 0.000000218. The summed E-state index contributed by atoms with van der Waals surface area (Å²) in [7, 11) is 0. The van der Waals surface area contributed by atoms with Crippen molar-refractivity contribution in [3.63, 3.8) is 0 Å². The Hall–Kier alpha value is -1.58. The zero-order valence-corrected chi connectivity index (χ0v) is 6.32. The van der Waals surface area contributed by atoms with E-state index < -0.39 is 0 Å². The normalized spacial score (nSPS) is 7.73. The van der Waals surface area contributed by atoms with Gasteiger partial charge in [0.2, 0.25) is 5.91 Å². The molecule has 0 aromatic carbocycles. The first-order chi connectivity index (χ1) is 5.13. The molecule has 4 nitrogen and oxygen atoms in total. The van der Waals surface area contributed by atoms with Crippen LogP contribution in [0.25, 0.3) is 0 Å². The topological polar surface area (TPSA) is 82.0 Å². The molecule has 0 saturated carbocycles. The molecule has 0 bridgehead atoms. The van der Waals surface area contributed by atoms with Gasteiger partial charge in [-0.25, -0.2) is 4.98 Å². The summed E-state index contributed by atoms with van der Waals surface area (Å²) in [5.74, 6) is 0.238. The fraction of sp³-hybridized carbons (Fsp3) is 0.143. The molecule has 0 aliphatic carbocycles. The standard InChI is InChI=1S/C5H6N2.C2H5NO/c6-5-3-1-2-4-7-5;1-2(3)4/h1-4H,(H2,6,7);1H3,(H2,3,4). The molecule has 4 heteroatoms. The number of aromatic nitrogens is 1. The van der Waals surface area contributed by atoms with E-state index >= 15 is 0 Å². The SMILES string of the molecule is CC(N)=O.Nc1ccccn1. The van der Waals surface area contributed by atoms with E-state index in [1.165, 1.54) is 6.92 Å². The van der Waals surface area contributed by atoms with Crippen LogP contribution in [-0.2, 0) is 4.79 Å². The highest BCUT2D eigenvalue weighted by atomic mass is 16.1. The Labute approximate surface area is 65.2 Å². The van der Waals surface area contributed by atoms with Crippen LogP contribution >= 0.6 is 0 Å². The molecule has 0 unspecified atom stereocenters. The summed E-state index contributed by atoms with van der Waals surface area (Å²) in [4.78, 5) is 13.0. The Kier molecular flexibility index (Phi) is 4.47. The molecule has 0 fully saturated rings. The zero-order valence-electron chi connectivity index (χ0n) is 6.32. The van der Waals surface area contributed by atoms with Crippen molar-refractivity contribution in [1.82, 2.24) is 4.98 Å². The second-order valence-corrected chi connectivity index (χ2v) is 1.87. The highest BCUT2D eigenvalue weighted by Crippen LogP contribution is 1.89. The minimum atomic E-state index is -0.333. The van der Waals surface area contributed by atoms with Crippen LogP contribution in [0, 0.1) is 0 Å². The summed E-state index contributed by atoms with van der Waals surface area (Å²) < 4.78 is 0. The van der Waals surface area contributed by atoms with Crippen LogP contribution in [0.2, 0.25) is 0 Å². The minimum absolute atomic E-state index is 0.333. The van der Waals surface area contributed by atoms with E-state index in [-0.39, 0.29) is 5.91 Å². The van der Waals surface area contributed by atoms with Gasteiger partial charge in [-0.3, -0.25) is 4.79 Å². The summed E-state index contributed by atoms with van der Waals surface area (Å²) in [6, 6.07) is 5.43. The second-order valence-electron chi connectivity index (χ2n) is 1.87. The number of nitrogens with zero attached hydrogens (tertiary/aromatic N) is 1. The van der Waals surface area contributed by atoms with Gasteiger partial charge >= 0.3 is 0 Å². The van der Waals surface area contributed by atoms with Crippen LogP contribution in [0.5, 0.6) is 0 Å². The Morgan fingerprint density at radius 3 is 2.27 bits per heavy atom. The van der Waals surface area contributed by atoms with E-state index in [1.54, 1.807) is 12.3 Å². The zero-order chi connectivity index (χ0) is 8.69. The summed E-state index contributed by atoms with van der Waals surface area (Å²) in [6.07, 6.45) is 1.66. The third-order valence-corrected chi connectivity index (χ3v) is 0.688.